The molecule has 6 heteroatoms. The Morgan fingerprint density at radius 1 is 0.857 bits per heavy atom. The Hall–Kier alpha value is -2.30. The molecule has 0 saturated carbocycles. The van der Waals surface area contributed by atoms with Gasteiger partial charge in [0.05, 0.1) is 24.0 Å². The number of aromatic nitrogens is 1. The second-order valence-corrected chi connectivity index (χ2v) is 11.1. The molecule has 0 radical (unpaired) electrons. The number of fused-ring (bicyclic) bond motifs is 1. The van der Waals surface area contributed by atoms with Crippen LogP contribution in [0.25, 0.3) is 22.0 Å². The Bertz CT molecular complexity index is 1320. The van der Waals surface area contributed by atoms with Gasteiger partial charge >= 0.3 is 7.60 Å². The number of hydrogen-bond donors (Lipinski definition) is 0. The zero-order valence-electron chi connectivity index (χ0n) is 20.4. The summed E-state index contributed by atoms with van der Waals surface area (Å²) in [5, 5.41) is 2.23. The first-order chi connectivity index (χ1) is 17.0. The first kappa shape index (κ1) is 25.8. The molecule has 0 aliphatic heterocycles. The maximum absolute atomic E-state index is 14.0. The topological polar surface area (TPSA) is 48.4 Å². The molecule has 4 aromatic rings. The van der Waals surface area contributed by atoms with Gasteiger partial charge in [0.15, 0.2) is 0 Å². The molecule has 0 amide bonds. The van der Waals surface area contributed by atoms with Crippen molar-refractivity contribution in [3.05, 3.63) is 95.7 Å². The quantitative estimate of drug-likeness (QED) is 0.148. The lowest BCUT2D eigenvalue weighted by Gasteiger charge is -2.21. The molecule has 182 valence electrons. The Morgan fingerprint density at radius 2 is 1.54 bits per heavy atom. The molecule has 1 heterocycles. The van der Waals surface area contributed by atoms with Crippen molar-refractivity contribution in [3.63, 3.8) is 0 Å². The number of rotatable bonds is 10. The first-order valence-corrected chi connectivity index (χ1v) is 14.7. The molecular formula is C29H31BrNO3P. The summed E-state index contributed by atoms with van der Waals surface area (Å²) in [6.45, 7) is 6.40. The lowest BCUT2D eigenvalue weighted by Crippen LogP contribution is -2.14. The van der Waals surface area contributed by atoms with Gasteiger partial charge in [-0.25, -0.2) is 0 Å². The third-order valence-corrected chi connectivity index (χ3v) is 8.79. The first-order valence-electron chi connectivity index (χ1n) is 12.0. The molecule has 1 unspecified atom stereocenters. The Balaban J connectivity index is 1.85. The molecule has 35 heavy (non-hydrogen) atoms. The minimum Gasteiger partial charge on any atom is -0.305 e. The second-order valence-electron chi connectivity index (χ2n) is 8.56. The van der Waals surface area contributed by atoms with Crippen LogP contribution in [0, 0.1) is 0 Å². The van der Waals surface area contributed by atoms with Gasteiger partial charge in [-0.2, -0.15) is 0 Å². The molecule has 0 bridgehead atoms. The maximum Gasteiger partial charge on any atom is 0.363 e. The van der Waals surface area contributed by atoms with Crippen LogP contribution in [0.1, 0.15) is 43.5 Å². The summed E-state index contributed by atoms with van der Waals surface area (Å²) in [5.41, 5.74) is 6.09. The summed E-state index contributed by atoms with van der Waals surface area (Å²) in [6, 6.07) is 26.9. The molecule has 0 aliphatic carbocycles. The van der Waals surface area contributed by atoms with Crippen molar-refractivity contribution in [2.45, 2.75) is 38.4 Å². The molecule has 1 atom stereocenters. The molecule has 0 spiro atoms. The Labute approximate surface area is 216 Å². The van der Waals surface area contributed by atoms with Gasteiger partial charge in [-0.15, -0.1) is 0 Å². The van der Waals surface area contributed by atoms with Gasteiger partial charge in [-0.1, -0.05) is 83.5 Å². The number of pyridine rings is 1. The largest absolute Gasteiger partial charge is 0.363 e. The molecule has 0 aliphatic rings. The number of nitrogens with zero attached hydrogens (tertiary/aromatic N) is 1. The van der Waals surface area contributed by atoms with Crippen LogP contribution in [-0.2, 0) is 25.4 Å². The maximum atomic E-state index is 14.0. The average Bonchev–Trinajstić information content (AvgIpc) is 2.88. The van der Waals surface area contributed by atoms with Crippen molar-refractivity contribution in [1.29, 1.82) is 0 Å². The van der Waals surface area contributed by atoms with E-state index in [1.165, 1.54) is 11.1 Å². The molecular weight excluding hydrogens is 521 g/mol. The molecule has 0 saturated heterocycles. The van der Waals surface area contributed by atoms with E-state index in [2.05, 4.69) is 89.6 Å². The van der Waals surface area contributed by atoms with Gasteiger partial charge in [0.1, 0.15) is 0 Å². The van der Waals surface area contributed by atoms with E-state index < -0.39 is 7.60 Å². The van der Waals surface area contributed by atoms with Crippen molar-refractivity contribution < 1.29 is 13.6 Å². The summed E-state index contributed by atoms with van der Waals surface area (Å²) in [5.74, 6) is 0.199. The molecule has 3 aromatic carbocycles. The minimum atomic E-state index is -3.57. The fourth-order valence-electron chi connectivity index (χ4n) is 4.26. The van der Waals surface area contributed by atoms with E-state index in [0.29, 0.717) is 10.8 Å². The van der Waals surface area contributed by atoms with Crippen LogP contribution in [0.3, 0.4) is 0 Å². The van der Waals surface area contributed by atoms with Gasteiger partial charge in [-0.05, 0) is 60.7 Å². The number of alkyl halides is 1. The fourth-order valence-corrected chi connectivity index (χ4v) is 6.40. The van der Waals surface area contributed by atoms with Crippen molar-refractivity contribution in [2.24, 2.45) is 0 Å². The SMILES string of the molecule is CCOP(=O)(OCC)c1cc(-c2ccc(CBr)cc2)cc2ccc(C(C)Cc3ccccc3)nc12. The van der Waals surface area contributed by atoms with Crippen LogP contribution in [0.15, 0.2) is 78.9 Å². The summed E-state index contributed by atoms with van der Waals surface area (Å²) in [7, 11) is -3.57. The average molecular weight is 552 g/mol. The molecule has 1 aromatic heterocycles. The predicted molar refractivity (Wildman–Crippen MR) is 149 cm³/mol. The van der Waals surface area contributed by atoms with Crippen LogP contribution in [0.5, 0.6) is 0 Å². The monoisotopic (exact) mass is 551 g/mol. The highest BCUT2D eigenvalue weighted by molar-refractivity contribution is 9.08. The van der Waals surface area contributed by atoms with E-state index in [-0.39, 0.29) is 19.1 Å². The summed E-state index contributed by atoms with van der Waals surface area (Å²) < 4.78 is 25.5. The second kappa shape index (κ2) is 11.6. The fraction of sp³-hybridized carbons (Fsp3) is 0.276. The van der Waals surface area contributed by atoms with Crippen molar-refractivity contribution in [1.82, 2.24) is 4.98 Å². The Kier molecular flexibility index (Phi) is 8.56. The predicted octanol–water partition coefficient (Wildman–Crippen LogP) is 8.03. The van der Waals surface area contributed by atoms with Gasteiger partial charge in [0.25, 0.3) is 0 Å². The van der Waals surface area contributed by atoms with Crippen LogP contribution < -0.4 is 5.30 Å². The molecule has 4 nitrogen and oxygen atoms in total. The van der Waals surface area contributed by atoms with Gasteiger partial charge < -0.3 is 9.05 Å². The molecule has 4 rings (SSSR count). The van der Waals surface area contributed by atoms with Crippen LogP contribution in [0.4, 0.5) is 0 Å². The highest BCUT2D eigenvalue weighted by Crippen LogP contribution is 2.49. The molecule has 0 fully saturated rings. The van der Waals surface area contributed by atoms with E-state index in [1.807, 2.05) is 26.0 Å². The van der Waals surface area contributed by atoms with Crippen LogP contribution >= 0.6 is 23.5 Å². The van der Waals surface area contributed by atoms with E-state index in [1.54, 1.807) is 0 Å². The zero-order valence-corrected chi connectivity index (χ0v) is 22.9. The highest BCUT2D eigenvalue weighted by atomic mass is 79.9. The van der Waals surface area contributed by atoms with Crippen molar-refractivity contribution in [2.75, 3.05) is 13.2 Å². The summed E-state index contributed by atoms with van der Waals surface area (Å²) >= 11 is 3.50. The van der Waals surface area contributed by atoms with Crippen LogP contribution in [0.2, 0.25) is 0 Å². The lowest BCUT2D eigenvalue weighted by molar-refractivity contribution is 0.230. The third-order valence-electron chi connectivity index (χ3n) is 6.02. The standard InChI is InChI=1S/C29H31BrNO3P/c1-4-33-35(32,34-5-2)28-19-26(24-13-11-23(20-30)12-14-24)18-25-15-16-27(31-29(25)28)21(3)17-22-9-7-6-8-10-22/h6-16,18-19,21H,4-5,17,20H2,1-3H3. The highest BCUT2D eigenvalue weighted by Gasteiger charge is 2.31. The number of halogens is 1. The number of benzene rings is 3. The summed E-state index contributed by atoms with van der Waals surface area (Å²) in [6.07, 6.45) is 0.876. The number of hydrogen-bond acceptors (Lipinski definition) is 4. The van der Waals surface area contributed by atoms with E-state index >= 15 is 0 Å². The van der Waals surface area contributed by atoms with E-state index in [9.17, 15) is 4.57 Å². The van der Waals surface area contributed by atoms with Crippen molar-refractivity contribution in [3.8, 4) is 11.1 Å². The van der Waals surface area contributed by atoms with Gasteiger partial charge in [0.2, 0.25) is 0 Å². The minimum absolute atomic E-state index is 0.199. The summed E-state index contributed by atoms with van der Waals surface area (Å²) in [4.78, 5) is 5.03. The van der Waals surface area contributed by atoms with Crippen molar-refractivity contribution >= 4 is 39.7 Å². The lowest BCUT2D eigenvalue weighted by atomic mass is 9.96. The third kappa shape index (κ3) is 5.92. The van der Waals surface area contributed by atoms with Gasteiger partial charge in [0, 0.05) is 22.3 Å². The normalized spacial score (nSPS) is 12.7. The zero-order chi connectivity index (χ0) is 24.8. The molecule has 0 N–H and O–H groups in total. The smallest absolute Gasteiger partial charge is 0.305 e. The Morgan fingerprint density at radius 3 is 2.17 bits per heavy atom. The van der Waals surface area contributed by atoms with E-state index in [4.69, 9.17) is 14.0 Å². The van der Waals surface area contributed by atoms with Crippen LogP contribution in [-0.4, -0.2) is 18.2 Å². The van der Waals surface area contributed by atoms with E-state index in [0.717, 1.165) is 34.0 Å². The van der Waals surface area contributed by atoms with Gasteiger partial charge in [-0.3, -0.25) is 9.55 Å².